The molecule has 2 amide bonds. The fourth-order valence-corrected chi connectivity index (χ4v) is 4.18. The molecular formula is C21H27N3O2S. The number of rotatable bonds is 5. The highest BCUT2D eigenvalue weighted by Gasteiger charge is 2.24. The fourth-order valence-electron chi connectivity index (χ4n) is 3.47. The zero-order valence-electron chi connectivity index (χ0n) is 16.0. The molecule has 0 spiro atoms. The van der Waals surface area contributed by atoms with Crippen LogP contribution in [0.1, 0.15) is 42.0 Å². The first-order chi connectivity index (χ1) is 13.0. The van der Waals surface area contributed by atoms with Crippen molar-refractivity contribution in [3.8, 4) is 0 Å². The molecular weight excluding hydrogens is 358 g/mol. The quantitative estimate of drug-likeness (QED) is 0.773. The van der Waals surface area contributed by atoms with Crippen LogP contribution in [0.3, 0.4) is 0 Å². The first-order valence-corrected chi connectivity index (χ1v) is 10.4. The molecule has 1 aromatic carbocycles. The molecule has 0 saturated carbocycles. The van der Waals surface area contributed by atoms with Gasteiger partial charge in [-0.25, -0.2) is 0 Å². The molecule has 2 N–H and O–H groups in total. The van der Waals surface area contributed by atoms with Gasteiger partial charge in [-0.05, 0) is 79.4 Å². The standard InChI is InChI=1S/C21H27N3O2S/c1-15-6-7-16(2)18(12-15)23-21(26)20(25)22-13-19(17-8-11-27-14-17)24-9-4-3-5-10-24/h6-8,11-12,14,19H,3-5,9-10,13H2,1-2H3,(H,22,25)(H,23,26). The van der Waals surface area contributed by atoms with Gasteiger partial charge in [0.05, 0.1) is 6.04 Å². The van der Waals surface area contributed by atoms with Gasteiger partial charge in [-0.2, -0.15) is 11.3 Å². The van der Waals surface area contributed by atoms with Crippen molar-refractivity contribution >= 4 is 28.8 Å². The van der Waals surface area contributed by atoms with Crippen LogP contribution in [-0.2, 0) is 9.59 Å². The minimum atomic E-state index is -0.619. The average molecular weight is 386 g/mol. The van der Waals surface area contributed by atoms with E-state index in [2.05, 4.69) is 32.4 Å². The molecule has 2 heterocycles. The Morgan fingerprint density at radius 3 is 2.59 bits per heavy atom. The average Bonchev–Trinajstić information content (AvgIpc) is 3.20. The van der Waals surface area contributed by atoms with Crippen molar-refractivity contribution in [1.82, 2.24) is 10.2 Å². The number of carbonyl (C=O) groups is 2. The minimum Gasteiger partial charge on any atom is -0.346 e. The predicted molar refractivity (Wildman–Crippen MR) is 110 cm³/mol. The Morgan fingerprint density at radius 1 is 1.11 bits per heavy atom. The molecule has 1 aliphatic heterocycles. The number of carbonyl (C=O) groups excluding carboxylic acids is 2. The number of nitrogens with zero attached hydrogens (tertiary/aromatic N) is 1. The topological polar surface area (TPSA) is 61.4 Å². The molecule has 1 atom stereocenters. The Hall–Kier alpha value is -2.18. The summed E-state index contributed by atoms with van der Waals surface area (Å²) in [5, 5.41) is 9.74. The third kappa shape index (κ3) is 5.17. The normalized spacial score (nSPS) is 15.9. The van der Waals surface area contributed by atoms with E-state index in [1.54, 1.807) is 11.3 Å². The van der Waals surface area contributed by atoms with Crippen LogP contribution in [0.5, 0.6) is 0 Å². The number of anilines is 1. The highest BCUT2D eigenvalue weighted by Crippen LogP contribution is 2.25. The number of piperidine rings is 1. The molecule has 144 valence electrons. The Bertz CT molecular complexity index is 783. The van der Waals surface area contributed by atoms with E-state index in [0.29, 0.717) is 12.2 Å². The zero-order valence-corrected chi connectivity index (χ0v) is 16.8. The second-order valence-electron chi connectivity index (χ2n) is 7.15. The van der Waals surface area contributed by atoms with Crippen LogP contribution in [0.25, 0.3) is 0 Å². The Labute approximate surface area is 164 Å². The smallest absolute Gasteiger partial charge is 0.313 e. The van der Waals surface area contributed by atoms with Crippen molar-refractivity contribution < 1.29 is 9.59 Å². The van der Waals surface area contributed by atoms with Crippen LogP contribution in [0.2, 0.25) is 0 Å². The third-order valence-corrected chi connectivity index (χ3v) is 5.76. The second-order valence-corrected chi connectivity index (χ2v) is 7.93. The molecule has 1 fully saturated rings. The van der Waals surface area contributed by atoms with Crippen LogP contribution in [-0.4, -0.2) is 36.3 Å². The van der Waals surface area contributed by atoms with E-state index in [0.717, 1.165) is 24.2 Å². The lowest BCUT2D eigenvalue weighted by Gasteiger charge is -2.34. The number of hydrogen-bond acceptors (Lipinski definition) is 4. The van der Waals surface area contributed by atoms with Gasteiger partial charge in [-0.15, -0.1) is 0 Å². The Kier molecular flexibility index (Phi) is 6.63. The molecule has 3 rings (SSSR count). The number of likely N-dealkylation sites (tertiary alicyclic amines) is 1. The largest absolute Gasteiger partial charge is 0.346 e. The van der Waals surface area contributed by atoms with Crippen molar-refractivity contribution in [2.45, 2.75) is 39.2 Å². The summed E-state index contributed by atoms with van der Waals surface area (Å²) >= 11 is 1.66. The van der Waals surface area contributed by atoms with Crippen LogP contribution >= 0.6 is 11.3 Å². The summed E-state index contributed by atoms with van der Waals surface area (Å²) in [6.07, 6.45) is 3.63. The van der Waals surface area contributed by atoms with E-state index in [-0.39, 0.29) is 6.04 Å². The van der Waals surface area contributed by atoms with Gasteiger partial charge in [-0.3, -0.25) is 14.5 Å². The van der Waals surface area contributed by atoms with Gasteiger partial charge in [0.15, 0.2) is 0 Å². The van der Waals surface area contributed by atoms with E-state index in [1.165, 1.54) is 24.8 Å². The second kappa shape index (κ2) is 9.15. The lowest BCUT2D eigenvalue weighted by atomic mass is 10.0. The summed E-state index contributed by atoms with van der Waals surface area (Å²) < 4.78 is 0. The first kappa shape index (κ1) is 19.6. The fraction of sp³-hybridized carbons (Fsp3) is 0.429. The van der Waals surface area contributed by atoms with E-state index in [9.17, 15) is 9.59 Å². The first-order valence-electron chi connectivity index (χ1n) is 9.47. The summed E-state index contributed by atoms with van der Waals surface area (Å²) in [5.74, 6) is -1.21. The number of thiophene rings is 1. The molecule has 0 aliphatic carbocycles. The maximum atomic E-state index is 12.4. The number of hydrogen-bond donors (Lipinski definition) is 2. The molecule has 1 unspecified atom stereocenters. The van der Waals surface area contributed by atoms with Gasteiger partial charge in [-0.1, -0.05) is 18.6 Å². The Balaban J connectivity index is 1.61. The highest BCUT2D eigenvalue weighted by atomic mass is 32.1. The summed E-state index contributed by atoms with van der Waals surface area (Å²) in [4.78, 5) is 27.1. The van der Waals surface area contributed by atoms with Gasteiger partial charge in [0, 0.05) is 12.2 Å². The molecule has 0 radical (unpaired) electrons. The third-order valence-electron chi connectivity index (χ3n) is 5.06. The van der Waals surface area contributed by atoms with Crippen LogP contribution in [0, 0.1) is 13.8 Å². The predicted octanol–water partition coefficient (Wildman–Crippen LogP) is 3.65. The van der Waals surface area contributed by atoms with E-state index in [1.807, 2.05) is 32.0 Å². The number of benzene rings is 1. The van der Waals surface area contributed by atoms with Crippen molar-refractivity contribution in [1.29, 1.82) is 0 Å². The molecule has 1 aliphatic rings. The maximum absolute atomic E-state index is 12.4. The number of amides is 2. The molecule has 5 nitrogen and oxygen atoms in total. The van der Waals surface area contributed by atoms with Crippen LogP contribution < -0.4 is 10.6 Å². The summed E-state index contributed by atoms with van der Waals surface area (Å²) in [5.41, 5.74) is 3.86. The Morgan fingerprint density at radius 2 is 1.89 bits per heavy atom. The van der Waals surface area contributed by atoms with Crippen molar-refractivity contribution in [3.05, 3.63) is 51.7 Å². The summed E-state index contributed by atoms with van der Waals surface area (Å²) in [7, 11) is 0. The number of nitrogens with one attached hydrogen (secondary N) is 2. The molecule has 27 heavy (non-hydrogen) atoms. The van der Waals surface area contributed by atoms with Gasteiger partial charge in [0.25, 0.3) is 0 Å². The van der Waals surface area contributed by atoms with Crippen LogP contribution in [0.4, 0.5) is 5.69 Å². The molecule has 1 aromatic heterocycles. The summed E-state index contributed by atoms with van der Waals surface area (Å²) in [6, 6.07) is 8.02. The minimum absolute atomic E-state index is 0.119. The SMILES string of the molecule is Cc1ccc(C)c(NC(=O)C(=O)NCC(c2ccsc2)N2CCCCC2)c1. The molecule has 1 saturated heterocycles. The van der Waals surface area contributed by atoms with Crippen molar-refractivity contribution in [2.24, 2.45) is 0 Å². The highest BCUT2D eigenvalue weighted by molar-refractivity contribution is 7.08. The lowest BCUT2D eigenvalue weighted by Crippen LogP contribution is -2.43. The lowest BCUT2D eigenvalue weighted by molar-refractivity contribution is -0.136. The van der Waals surface area contributed by atoms with E-state index in [4.69, 9.17) is 0 Å². The summed E-state index contributed by atoms with van der Waals surface area (Å²) in [6.45, 7) is 6.38. The van der Waals surface area contributed by atoms with Gasteiger partial charge >= 0.3 is 11.8 Å². The molecule has 6 heteroatoms. The monoisotopic (exact) mass is 385 g/mol. The molecule has 0 bridgehead atoms. The van der Waals surface area contributed by atoms with Gasteiger partial charge in [0.2, 0.25) is 0 Å². The van der Waals surface area contributed by atoms with Crippen LogP contribution in [0.15, 0.2) is 35.0 Å². The van der Waals surface area contributed by atoms with Gasteiger partial charge in [0.1, 0.15) is 0 Å². The zero-order chi connectivity index (χ0) is 19.2. The maximum Gasteiger partial charge on any atom is 0.313 e. The van der Waals surface area contributed by atoms with Crippen molar-refractivity contribution in [2.75, 3.05) is 25.0 Å². The van der Waals surface area contributed by atoms with E-state index < -0.39 is 11.8 Å². The molecule has 2 aromatic rings. The number of aryl methyl sites for hydroxylation is 2. The van der Waals surface area contributed by atoms with E-state index >= 15 is 0 Å². The van der Waals surface area contributed by atoms with Gasteiger partial charge < -0.3 is 10.6 Å². The van der Waals surface area contributed by atoms with Crippen molar-refractivity contribution in [3.63, 3.8) is 0 Å².